The molecule has 0 fully saturated rings. The van der Waals surface area contributed by atoms with E-state index in [0.29, 0.717) is 23.5 Å². The number of hydrogen-bond acceptors (Lipinski definition) is 6. The first-order valence-electron chi connectivity index (χ1n) is 9.85. The van der Waals surface area contributed by atoms with Gasteiger partial charge in [0.25, 0.3) is 0 Å². The number of benzene rings is 2. The van der Waals surface area contributed by atoms with E-state index in [4.69, 9.17) is 16.3 Å². The SMILES string of the molecule is CCc1ccc(NC(=O)NC(=O)CSc2nc(Oc3ccccc3Cl)cc(C(F)(F)F)n2)cc1. The van der Waals surface area contributed by atoms with Gasteiger partial charge in [0.1, 0.15) is 5.75 Å². The number of alkyl halides is 3. The van der Waals surface area contributed by atoms with Gasteiger partial charge < -0.3 is 10.1 Å². The first kappa shape index (κ1) is 25.3. The number of urea groups is 1. The van der Waals surface area contributed by atoms with Crippen LogP contribution in [0.4, 0.5) is 23.7 Å². The zero-order valence-corrected chi connectivity index (χ0v) is 19.2. The molecule has 0 aliphatic heterocycles. The summed E-state index contributed by atoms with van der Waals surface area (Å²) in [5.74, 6) is -1.45. The maximum absolute atomic E-state index is 13.3. The fraction of sp³-hybridized carbons (Fsp3) is 0.182. The summed E-state index contributed by atoms with van der Waals surface area (Å²) in [5.41, 5.74) is 0.316. The maximum Gasteiger partial charge on any atom is 0.433 e. The fourth-order valence-electron chi connectivity index (χ4n) is 2.58. The van der Waals surface area contributed by atoms with E-state index in [1.807, 2.05) is 19.1 Å². The second kappa shape index (κ2) is 11.2. The summed E-state index contributed by atoms with van der Waals surface area (Å²) in [5, 5.41) is 4.42. The smallest absolute Gasteiger partial charge is 0.433 e. The molecule has 7 nitrogen and oxygen atoms in total. The summed E-state index contributed by atoms with van der Waals surface area (Å²) >= 11 is 6.59. The molecule has 0 bridgehead atoms. The van der Waals surface area contributed by atoms with Crippen molar-refractivity contribution in [1.82, 2.24) is 15.3 Å². The van der Waals surface area contributed by atoms with Crippen molar-refractivity contribution in [3.05, 3.63) is 70.9 Å². The van der Waals surface area contributed by atoms with E-state index in [1.54, 1.807) is 24.3 Å². The number of hydrogen-bond donors (Lipinski definition) is 2. The summed E-state index contributed by atoms with van der Waals surface area (Å²) in [7, 11) is 0. The van der Waals surface area contributed by atoms with Crippen LogP contribution in [-0.2, 0) is 17.4 Å². The molecule has 0 atom stereocenters. The van der Waals surface area contributed by atoms with Crippen LogP contribution in [-0.4, -0.2) is 27.7 Å². The predicted molar refractivity (Wildman–Crippen MR) is 122 cm³/mol. The van der Waals surface area contributed by atoms with Crippen LogP contribution in [0.15, 0.2) is 59.8 Å². The standard InChI is InChI=1S/C22H18ClF3N4O3S/c1-2-13-7-9-14(10-8-13)27-20(32)29-18(31)12-34-21-28-17(22(24,25)26)11-19(30-21)33-16-6-4-3-5-15(16)23/h3-11H,2,12H2,1H3,(H2,27,29,31,32). The summed E-state index contributed by atoms with van der Waals surface area (Å²) in [6.45, 7) is 1.99. The zero-order chi connectivity index (χ0) is 24.7. The van der Waals surface area contributed by atoms with Crippen LogP contribution in [0.5, 0.6) is 11.6 Å². The molecule has 0 radical (unpaired) electrons. The molecule has 0 spiro atoms. The van der Waals surface area contributed by atoms with Crippen LogP contribution in [0.2, 0.25) is 5.02 Å². The van der Waals surface area contributed by atoms with E-state index >= 15 is 0 Å². The molecule has 3 rings (SSSR count). The van der Waals surface area contributed by atoms with Crippen LogP contribution >= 0.6 is 23.4 Å². The lowest BCUT2D eigenvalue weighted by Gasteiger charge is -2.11. The number of rotatable bonds is 7. The van der Waals surface area contributed by atoms with E-state index < -0.39 is 35.4 Å². The van der Waals surface area contributed by atoms with Crippen molar-refractivity contribution >= 4 is 41.0 Å². The highest BCUT2D eigenvalue weighted by atomic mass is 35.5. The molecule has 178 valence electrons. The second-order valence-corrected chi connectivity index (χ2v) is 8.10. The van der Waals surface area contributed by atoms with Crippen molar-refractivity contribution in [2.45, 2.75) is 24.7 Å². The Hall–Kier alpha value is -3.31. The molecule has 0 aliphatic carbocycles. The average molecular weight is 511 g/mol. The Morgan fingerprint density at radius 1 is 1.09 bits per heavy atom. The van der Waals surface area contributed by atoms with Gasteiger partial charge >= 0.3 is 12.2 Å². The maximum atomic E-state index is 13.3. The largest absolute Gasteiger partial charge is 0.437 e. The van der Waals surface area contributed by atoms with Crippen LogP contribution in [0.25, 0.3) is 0 Å². The lowest BCUT2D eigenvalue weighted by atomic mass is 10.1. The zero-order valence-electron chi connectivity index (χ0n) is 17.6. The van der Waals surface area contributed by atoms with E-state index in [0.717, 1.165) is 12.0 Å². The molecule has 0 aliphatic rings. The third-order valence-corrected chi connectivity index (χ3v) is 5.39. The number of carbonyl (C=O) groups is 2. The third-order valence-electron chi connectivity index (χ3n) is 4.23. The number of imide groups is 1. The number of halogens is 4. The van der Waals surface area contributed by atoms with Crippen LogP contribution < -0.4 is 15.4 Å². The molecular formula is C22H18ClF3N4O3S. The van der Waals surface area contributed by atoms with E-state index in [1.165, 1.54) is 12.1 Å². The molecule has 2 aromatic carbocycles. The molecule has 1 aromatic heterocycles. The van der Waals surface area contributed by atoms with Gasteiger partial charge in [0, 0.05) is 11.8 Å². The van der Waals surface area contributed by atoms with Gasteiger partial charge in [-0.15, -0.1) is 0 Å². The highest BCUT2D eigenvalue weighted by Crippen LogP contribution is 2.34. The number of anilines is 1. The number of para-hydroxylation sites is 1. The molecule has 1 heterocycles. The van der Waals surface area contributed by atoms with Gasteiger partial charge in [0.2, 0.25) is 11.8 Å². The molecule has 0 saturated carbocycles. The Bertz CT molecular complexity index is 1180. The van der Waals surface area contributed by atoms with Crippen molar-refractivity contribution in [3.63, 3.8) is 0 Å². The summed E-state index contributed by atoms with van der Waals surface area (Å²) in [6, 6.07) is 13.1. The van der Waals surface area contributed by atoms with Crippen LogP contribution in [0.3, 0.4) is 0 Å². The minimum absolute atomic E-state index is 0.105. The van der Waals surface area contributed by atoms with Gasteiger partial charge in [-0.1, -0.05) is 54.6 Å². The number of nitrogens with one attached hydrogen (secondary N) is 2. The predicted octanol–water partition coefficient (Wildman–Crippen LogP) is 5.94. The molecule has 2 N–H and O–H groups in total. The minimum Gasteiger partial charge on any atom is -0.437 e. The number of nitrogens with zero attached hydrogens (tertiary/aromatic N) is 2. The molecule has 34 heavy (non-hydrogen) atoms. The quantitative estimate of drug-likeness (QED) is 0.301. The molecule has 12 heteroatoms. The van der Waals surface area contributed by atoms with Crippen molar-refractivity contribution in [1.29, 1.82) is 0 Å². The Labute approximate surface area is 202 Å². The van der Waals surface area contributed by atoms with E-state index in [9.17, 15) is 22.8 Å². The number of ether oxygens (including phenoxy) is 1. The Morgan fingerprint density at radius 3 is 2.44 bits per heavy atom. The Kier molecular flexibility index (Phi) is 8.35. The van der Waals surface area contributed by atoms with E-state index in [-0.39, 0.29) is 15.9 Å². The van der Waals surface area contributed by atoms with Crippen molar-refractivity contribution in [2.24, 2.45) is 0 Å². The number of thioether (sulfide) groups is 1. The van der Waals surface area contributed by atoms with Crippen LogP contribution in [0.1, 0.15) is 18.2 Å². The Morgan fingerprint density at radius 2 is 1.79 bits per heavy atom. The summed E-state index contributed by atoms with van der Waals surface area (Å²) < 4.78 is 45.2. The van der Waals surface area contributed by atoms with Gasteiger partial charge in [-0.25, -0.2) is 9.78 Å². The number of carbonyl (C=O) groups excluding carboxylic acids is 2. The van der Waals surface area contributed by atoms with Gasteiger partial charge in [0.05, 0.1) is 10.8 Å². The molecule has 3 aromatic rings. The highest BCUT2D eigenvalue weighted by molar-refractivity contribution is 7.99. The molecule has 3 amide bonds. The van der Waals surface area contributed by atoms with Gasteiger partial charge in [0.15, 0.2) is 10.9 Å². The molecular weight excluding hydrogens is 493 g/mol. The van der Waals surface area contributed by atoms with Crippen molar-refractivity contribution < 1.29 is 27.5 Å². The van der Waals surface area contributed by atoms with Gasteiger partial charge in [-0.05, 0) is 36.2 Å². The van der Waals surface area contributed by atoms with Gasteiger partial charge in [-0.2, -0.15) is 18.2 Å². The van der Waals surface area contributed by atoms with Gasteiger partial charge in [-0.3, -0.25) is 10.1 Å². The lowest BCUT2D eigenvalue weighted by Crippen LogP contribution is -2.35. The number of amides is 3. The molecule has 0 unspecified atom stereocenters. The van der Waals surface area contributed by atoms with E-state index in [2.05, 4.69) is 20.6 Å². The van der Waals surface area contributed by atoms with Crippen molar-refractivity contribution in [2.75, 3.05) is 11.1 Å². The first-order valence-corrected chi connectivity index (χ1v) is 11.2. The second-order valence-electron chi connectivity index (χ2n) is 6.75. The fourth-order valence-corrected chi connectivity index (χ4v) is 3.41. The number of aromatic nitrogens is 2. The minimum atomic E-state index is -4.77. The highest BCUT2D eigenvalue weighted by Gasteiger charge is 2.34. The number of aryl methyl sites for hydroxylation is 1. The lowest BCUT2D eigenvalue weighted by molar-refractivity contribution is -0.141. The summed E-state index contributed by atoms with van der Waals surface area (Å²) in [4.78, 5) is 31.4. The third kappa shape index (κ3) is 7.35. The first-order chi connectivity index (χ1) is 16.1. The van der Waals surface area contributed by atoms with Crippen LogP contribution in [0, 0.1) is 0 Å². The monoisotopic (exact) mass is 510 g/mol. The Balaban J connectivity index is 1.64. The topological polar surface area (TPSA) is 93.2 Å². The molecule has 0 saturated heterocycles. The average Bonchev–Trinajstić information content (AvgIpc) is 2.79. The normalized spacial score (nSPS) is 11.1. The van der Waals surface area contributed by atoms with Crippen molar-refractivity contribution in [3.8, 4) is 11.6 Å². The summed E-state index contributed by atoms with van der Waals surface area (Å²) in [6.07, 6.45) is -3.93.